The molecule has 0 aromatic carbocycles. The fraction of sp³-hybridized carbons (Fsp3) is 0.400. The number of ether oxygens (including phenoxy) is 1. The summed E-state index contributed by atoms with van der Waals surface area (Å²) in [5.74, 6) is -0.362. The van der Waals surface area contributed by atoms with Gasteiger partial charge in [0.2, 0.25) is 5.82 Å². The van der Waals surface area contributed by atoms with Gasteiger partial charge in [-0.2, -0.15) is 0 Å². The van der Waals surface area contributed by atoms with E-state index in [1.54, 1.807) is 29.8 Å². The third kappa shape index (κ3) is 2.94. The van der Waals surface area contributed by atoms with Crippen LogP contribution in [-0.2, 0) is 4.74 Å². The molecule has 2 N–H and O–H groups in total. The minimum atomic E-state index is -0.330. The lowest BCUT2D eigenvalue weighted by atomic mass is 10.3. The molecule has 22 heavy (non-hydrogen) atoms. The summed E-state index contributed by atoms with van der Waals surface area (Å²) < 4.78 is 6.53. The van der Waals surface area contributed by atoms with Crippen molar-refractivity contribution in [1.82, 2.24) is 20.0 Å². The van der Waals surface area contributed by atoms with Crippen molar-refractivity contribution in [2.45, 2.75) is 18.9 Å². The molecule has 2 aromatic heterocycles. The summed E-state index contributed by atoms with van der Waals surface area (Å²) in [7, 11) is 1.57. The van der Waals surface area contributed by atoms with Crippen LogP contribution in [0.5, 0.6) is 0 Å². The Kier molecular flexibility index (Phi) is 4.06. The number of pyridine rings is 1. The average Bonchev–Trinajstić information content (AvgIpc) is 3.24. The first kappa shape index (κ1) is 14.5. The number of amides is 2. The van der Waals surface area contributed by atoms with Crippen LogP contribution < -0.4 is 10.6 Å². The number of methoxy groups -OCH3 is 1. The predicted molar refractivity (Wildman–Crippen MR) is 79.9 cm³/mol. The number of nitrogens with zero attached hydrogens (tertiary/aromatic N) is 2. The van der Waals surface area contributed by atoms with Gasteiger partial charge in [0.1, 0.15) is 0 Å². The molecule has 0 saturated heterocycles. The molecule has 7 heteroatoms. The highest BCUT2D eigenvalue weighted by molar-refractivity contribution is 6.02. The van der Waals surface area contributed by atoms with Gasteiger partial charge in [-0.25, -0.2) is 4.98 Å². The Bertz CT molecular complexity index is 706. The van der Waals surface area contributed by atoms with E-state index >= 15 is 0 Å². The van der Waals surface area contributed by atoms with Crippen LogP contribution in [0.25, 0.3) is 5.52 Å². The third-order valence-electron chi connectivity index (χ3n) is 3.47. The van der Waals surface area contributed by atoms with Crippen LogP contribution in [0.15, 0.2) is 24.4 Å². The fourth-order valence-electron chi connectivity index (χ4n) is 2.19. The van der Waals surface area contributed by atoms with E-state index in [1.807, 2.05) is 6.07 Å². The zero-order valence-electron chi connectivity index (χ0n) is 12.3. The summed E-state index contributed by atoms with van der Waals surface area (Å²) in [5, 5.41) is 5.62. The van der Waals surface area contributed by atoms with Crippen molar-refractivity contribution >= 4 is 17.3 Å². The van der Waals surface area contributed by atoms with Crippen LogP contribution >= 0.6 is 0 Å². The monoisotopic (exact) mass is 302 g/mol. The van der Waals surface area contributed by atoms with Crippen molar-refractivity contribution in [2.75, 3.05) is 20.3 Å². The van der Waals surface area contributed by atoms with Crippen LogP contribution in [0.3, 0.4) is 0 Å². The summed E-state index contributed by atoms with van der Waals surface area (Å²) >= 11 is 0. The molecule has 2 amide bonds. The van der Waals surface area contributed by atoms with Crippen LogP contribution in [0.4, 0.5) is 0 Å². The molecule has 0 bridgehead atoms. The first-order valence-corrected chi connectivity index (χ1v) is 7.26. The molecule has 0 spiro atoms. The van der Waals surface area contributed by atoms with Gasteiger partial charge in [0.15, 0.2) is 5.69 Å². The van der Waals surface area contributed by atoms with E-state index in [-0.39, 0.29) is 29.4 Å². The average molecular weight is 302 g/mol. The number of aromatic nitrogens is 2. The van der Waals surface area contributed by atoms with Gasteiger partial charge in [-0.15, -0.1) is 0 Å². The molecule has 0 radical (unpaired) electrons. The van der Waals surface area contributed by atoms with E-state index in [4.69, 9.17) is 4.74 Å². The predicted octanol–water partition coefficient (Wildman–Crippen LogP) is 0.603. The number of hydrogen-bond donors (Lipinski definition) is 2. The van der Waals surface area contributed by atoms with Crippen LogP contribution in [0, 0.1) is 0 Å². The second-order valence-electron chi connectivity index (χ2n) is 5.24. The summed E-state index contributed by atoms with van der Waals surface area (Å²) in [5.41, 5.74) is 0.905. The van der Waals surface area contributed by atoms with Gasteiger partial charge >= 0.3 is 0 Å². The zero-order chi connectivity index (χ0) is 15.5. The highest BCUT2D eigenvalue weighted by Gasteiger charge is 2.27. The number of rotatable bonds is 6. The lowest BCUT2D eigenvalue weighted by molar-refractivity contribution is 0.0926. The lowest BCUT2D eigenvalue weighted by Gasteiger charge is -2.03. The lowest BCUT2D eigenvalue weighted by Crippen LogP contribution is -2.29. The number of imidazole rings is 1. The summed E-state index contributed by atoms with van der Waals surface area (Å²) in [6, 6.07) is 5.63. The van der Waals surface area contributed by atoms with Crippen LogP contribution in [0.1, 0.15) is 33.9 Å². The van der Waals surface area contributed by atoms with Gasteiger partial charge < -0.3 is 15.4 Å². The number of carbonyl (C=O) groups excluding carboxylic acids is 2. The topological polar surface area (TPSA) is 84.7 Å². The molecule has 0 unspecified atom stereocenters. The van der Waals surface area contributed by atoms with E-state index < -0.39 is 0 Å². The second kappa shape index (κ2) is 6.15. The highest BCUT2D eigenvalue weighted by Crippen LogP contribution is 2.20. The van der Waals surface area contributed by atoms with Gasteiger partial charge in [-0.1, -0.05) is 6.07 Å². The number of nitrogens with one attached hydrogen (secondary N) is 2. The maximum Gasteiger partial charge on any atom is 0.287 e. The van der Waals surface area contributed by atoms with Crippen molar-refractivity contribution in [3.63, 3.8) is 0 Å². The molecule has 1 aliphatic rings. The molecule has 1 aliphatic carbocycles. The second-order valence-corrected chi connectivity index (χ2v) is 5.24. The quantitative estimate of drug-likeness (QED) is 0.765. The Morgan fingerprint density at radius 2 is 2.18 bits per heavy atom. The standard InChI is InChI=1S/C15H18N4O3/c1-22-9-7-16-15(21)13-18-12(14(20)17-10-5-6-10)11-4-2-3-8-19(11)13/h2-4,8,10H,5-7,9H2,1H3,(H,16,21)(H,17,20). The molecule has 2 heterocycles. The van der Waals surface area contributed by atoms with Crippen molar-refractivity contribution in [1.29, 1.82) is 0 Å². The Hall–Kier alpha value is -2.41. The Labute approximate surface area is 127 Å². The molecule has 116 valence electrons. The van der Waals surface area contributed by atoms with E-state index in [0.717, 1.165) is 12.8 Å². The molecule has 3 rings (SSSR count). The number of carbonyl (C=O) groups is 2. The highest BCUT2D eigenvalue weighted by atomic mass is 16.5. The van der Waals surface area contributed by atoms with Crippen molar-refractivity contribution < 1.29 is 14.3 Å². The molecule has 2 aromatic rings. The fourth-order valence-corrected chi connectivity index (χ4v) is 2.19. The summed E-state index contributed by atoms with van der Waals surface area (Å²) in [6.07, 6.45) is 3.73. The molecule has 1 saturated carbocycles. The Balaban J connectivity index is 1.89. The largest absolute Gasteiger partial charge is 0.383 e. The zero-order valence-corrected chi connectivity index (χ0v) is 12.3. The van der Waals surface area contributed by atoms with Crippen molar-refractivity contribution in [3.05, 3.63) is 35.9 Å². The van der Waals surface area contributed by atoms with Crippen molar-refractivity contribution in [3.8, 4) is 0 Å². The SMILES string of the molecule is COCCNC(=O)c1nc(C(=O)NC2CC2)c2ccccn12. The third-order valence-corrected chi connectivity index (χ3v) is 3.47. The smallest absolute Gasteiger partial charge is 0.287 e. The molecular formula is C15H18N4O3. The maximum atomic E-state index is 12.3. The van der Waals surface area contributed by atoms with Gasteiger partial charge in [0.05, 0.1) is 12.1 Å². The van der Waals surface area contributed by atoms with Gasteiger partial charge in [-0.3, -0.25) is 14.0 Å². The van der Waals surface area contributed by atoms with E-state index in [0.29, 0.717) is 18.7 Å². The number of fused-ring (bicyclic) bond motifs is 1. The Morgan fingerprint density at radius 3 is 2.91 bits per heavy atom. The Morgan fingerprint density at radius 1 is 1.36 bits per heavy atom. The molecule has 1 fully saturated rings. The van der Waals surface area contributed by atoms with Gasteiger partial charge in [0, 0.05) is 25.9 Å². The number of hydrogen-bond acceptors (Lipinski definition) is 4. The van der Waals surface area contributed by atoms with Crippen LogP contribution in [0.2, 0.25) is 0 Å². The minimum Gasteiger partial charge on any atom is -0.383 e. The van der Waals surface area contributed by atoms with E-state index in [2.05, 4.69) is 15.6 Å². The molecule has 7 nitrogen and oxygen atoms in total. The van der Waals surface area contributed by atoms with Crippen LogP contribution in [-0.4, -0.2) is 47.5 Å². The maximum absolute atomic E-state index is 12.3. The first-order chi connectivity index (χ1) is 10.7. The van der Waals surface area contributed by atoms with E-state index in [9.17, 15) is 9.59 Å². The normalized spacial score (nSPS) is 14.0. The summed E-state index contributed by atoms with van der Waals surface area (Å²) in [4.78, 5) is 28.7. The van der Waals surface area contributed by atoms with Gasteiger partial charge in [0.25, 0.3) is 11.8 Å². The first-order valence-electron chi connectivity index (χ1n) is 7.26. The minimum absolute atomic E-state index is 0.202. The van der Waals surface area contributed by atoms with Crippen molar-refractivity contribution in [2.24, 2.45) is 0 Å². The molecular weight excluding hydrogens is 284 g/mol. The molecule has 0 atom stereocenters. The van der Waals surface area contributed by atoms with E-state index in [1.165, 1.54) is 0 Å². The molecule has 0 aliphatic heterocycles. The van der Waals surface area contributed by atoms with Gasteiger partial charge in [-0.05, 0) is 25.0 Å². The summed E-state index contributed by atoms with van der Waals surface area (Å²) in [6.45, 7) is 0.810.